The van der Waals surface area contributed by atoms with Crippen molar-refractivity contribution in [2.75, 3.05) is 13.1 Å². The molecule has 1 saturated heterocycles. The van der Waals surface area contributed by atoms with Gasteiger partial charge in [-0.3, -0.25) is 4.79 Å². The molecule has 2 N–H and O–H groups in total. The second kappa shape index (κ2) is 3.54. The van der Waals surface area contributed by atoms with E-state index in [1.54, 1.807) is 0 Å². The molecule has 80 valence electrons. The van der Waals surface area contributed by atoms with Gasteiger partial charge in [-0.1, -0.05) is 13.3 Å². The normalized spacial score (nSPS) is 26.3. The fourth-order valence-corrected chi connectivity index (χ4v) is 2.21. The maximum Gasteiger partial charge on any atom is 0.242 e. The van der Waals surface area contributed by atoms with Crippen molar-refractivity contribution in [2.45, 2.75) is 44.6 Å². The summed E-state index contributed by atoms with van der Waals surface area (Å²) in [6, 6.07) is 0. The van der Waals surface area contributed by atoms with E-state index in [-0.39, 0.29) is 5.91 Å². The Balaban J connectivity index is 1.86. The van der Waals surface area contributed by atoms with Crippen LogP contribution in [0, 0.1) is 5.92 Å². The van der Waals surface area contributed by atoms with E-state index in [0.717, 1.165) is 31.8 Å². The Kier molecular flexibility index (Phi) is 2.52. The van der Waals surface area contributed by atoms with E-state index in [2.05, 4.69) is 6.92 Å². The third kappa shape index (κ3) is 1.78. The molecule has 3 nitrogen and oxygen atoms in total. The van der Waals surface area contributed by atoms with E-state index in [9.17, 15) is 4.79 Å². The van der Waals surface area contributed by atoms with Gasteiger partial charge in [-0.2, -0.15) is 0 Å². The molecule has 1 heterocycles. The highest BCUT2D eigenvalue weighted by atomic mass is 16.2. The summed E-state index contributed by atoms with van der Waals surface area (Å²) in [6.07, 6.45) is 5.35. The van der Waals surface area contributed by atoms with Gasteiger partial charge in [0.1, 0.15) is 0 Å². The van der Waals surface area contributed by atoms with Crippen LogP contribution in [-0.4, -0.2) is 29.4 Å². The molecule has 0 spiro atoms. The molecule has 0 unspecified atom stereocenters. The molecule has 2 rings (SSSR count). The van der Waals surface area contributed by atoms with Gasteiger partial charge < -0.3 is 10.6 Å². The quantitative estimate of drug-likeness (QED) is 0.719. The van der Waals surface area contributed by atoms with Crippen LogP contribution in [0.3, 0.4) is 0 Å². The Bertz CT molecular complexity index is 227. The van der Waals surface area contributed by atoms with Gasteiger partial charge in [-0.05, 0) is 31.6 Å². The summed E-state index contributed by atoms with van der Waals surface area (Å²) < 4.78 is 0. The Labute approximate surface area is 85.6 Å². The molecule has 1 aliphatic carbocycles. The zero-order chi connectivity index (χ0) is 10.2. The summed E-state index contributed by atoms with van der Waals surface area (Å²) in [5.41, 5.74) is 5.44. The Morgan fingerprint density at radius 2 is 2.00 bits per heavy atom. The molecule has 2 fully saturated rings. The minimum Gasteiger partial charge on any atom is -0.341 e. The lowest BCUT2D eigenvalue weighted by Crippen LogP contribution is -2.48. The van der Waals surface area contributed by atoms with Crippen LogP contribution in [0.5, 0.6) is 0 Å². The van der Waals surface area contributed by atoms with Crippen LogP contribution in [-0.2, 0) is 4.79 Å². The number of hydrogen-bond donors (Lipinski definition) is 1. The molecule has 0 atom stereocenters. The van der Waals surface area contributed by atoms with Crippen LogP contribution in [0.2, 0.25) is 0 Å². The zero-order valence-electron chi connectivity index (χ0n) is 8.96. The van der Waals surface area contributed by atoms with Crippen molar-refractivity contribution in [3.63, 3.8) is 0 Å². The number of nitrogens with zero attached hydrogens (tertiary/aromatic N) is 1. The zero-order valence-corrected chi connectivity index (χ0v) is 8.96. The molecule has 2 aliphatic rings. The van der Waals surface area contributed by atoms with E-state index < -0.39 is 5.54 Å². The predicted octanol–water partition coefficient (Wildman–Crippen LogP) is 1.13. The van der Waals surface area contributed by atoms with Gasteiger partial charge in [-0.15, -0.1) is 0 Å². The average Bonchev–Trinajstić information content (AvgIpc) is 2.97. The minimum atomic E-state index is -0.459. The second-order valence-electron chi connectivity index (χ2n) is 4.80. The second-order valence-corrected chi connectivity index (χ2v) is 4.80. The molecule has 0 aromatic carbocycles. The Morgan fingerprint density at radius 3 is 2.43 bits per heavy atom. The summed E-state index contributed by atoms with van der Waals surface area (Å²) >= 11 is 0. The number of likely N-dealkylation sites (tertiary alicyclic amines) is 1. The fourth-order valence-electron chi connectivity index (χ4n) is 2.21. The monoisotopic (exact) mass is 196 g/mol. The van der Waals surface area contributed by atoms with Crippen LogP contribution in [0.1, 0.15) is 39.0 Å². The van der Waals surface area contributed by atoms with Crippen molar-refractivity contribution < 1.29 is 4.79 Å². The van der Waals surface area contributed by atoms with Crippen LogP contribution in [0.25, 0.3) is 0 Å². The number of carbonyl (C=O) groups excluding carboxylic acids is 1. The fraction of sp³-hybridized carbons (Fsp3) is 0.909. The summed E-state index contributed by atoms with van der Waals surface area (Å²) in [5.74, 6) is 1.03. The van der Waals surface area contributed by atoms with Crippen molar-refractivity contribution >= 4 is 5.91 Å². The van der Waals surface area contributed by atoms with Crippen molar-refractivity contribution in [2.24, 2.45) is 11.7 Å². The van der Waals surface area contributed by atoms with Gasteiger partial charge in [0.15, 0.2) is 0 Å². The largest absolute Gasteiger partial charge is 0.341 e. The van der Waals surface area contributed by atoms with E-state index >= 15 is 0 Å². The highest BCUT2D eigenvalue weighted by Gasteiger charge is 2.48. The maximum absolute atomic E-state index is 11.9. The van der Waals surface area contributed by atoms with Gasteiger partial charge in [0.2, 0.25) is 5.91 Å². The van der Waals surface area contributed by atoms with Crippen molar-refractivity contribution in [3.8, 4) is 0 Å². The first kappa shape index (κ1) is 9.97. The molecule has 1 amide bonds. The van der Waals surface area contributed by atoms with Crippen molar-refractivity contribution in [3.05, 3.63) is 0 Å². The van der Waals surface area contributed by atoms with Gasteiger partial charge in [-0.25, -0.2) is 0 Å². The molecule has 1 aliphatic heterocycles. The van der Waals surface area contributed by atoms with Crippen LogP contribution in [0.4, 0.5) is 0 Å². The Morgan fingerprint density at radius 1 is 1.43 bits per heavy atom. The first-order valence-electron chi connectivity index (χ1n) is 5.74. The lowest BCUT2D eigenvalue weighted by molar-refractivity contribution is -0.135. The summed E-state index contributed by atoms with van der Waals surface area (Å²) in [4.78, 5) is 13.8. The summed E-state index contributed by atoms with van der Waals surface area (Å²) in [6.45, 7) is 4.08. The Hall–Kier alpha value is -0.570. The smallest absolute Gasteiger partial charge is 0.242 e. The number of amides is 1. The van der Waals surface area contributed by atoms with E-state index in [0.29, 0.717) is 0 Å². The van der Waals surface area contributed by atoms with Crippen LogP contribution >= 0.6 is 0 Å². The van der Waals surface area contributed by atoms with Crippen molar-refractivity contribution in [1.29, 1.82) is 0 Å². The molecule has 0 aromatic rings. The number of rotatable bonds is 2. The van der Waals surface area contributed by atoms with E-state index in [1.165, 1.54) is 19.3 Å². The molecular formula is C11H20N2O. The topological polar surface area (TPSA) is 46.3 Å². The van der Waals surface area contributed by atoms with E-state index in [1.807, 2.05) is 4.90 Å². The van der Waals surface area contributed by atoms with Gasteiger partial charge in [0.05, 0.1) is 5.54 Å². The number of piperidine rings is 1. The first-order valence-corrected chi connectivity index (χ1v) is 5.74. The van der Waals surface area contributed by atoms with Gasteiger partial charge in [0.25, 0.3) is 0 Å². The van der Waals surface area contributed by atoms with Gasteiger partial charge in [0, 0.05) is 13.1 Å². The summed E-state index contributed by atoms with van der Waals surface area (Å²) in [7, 11) is 0. The highest BCUT2D eigenvalue weighted by Crippen LogP contribution is 2.35. The highest BCUT2D eigenvalue weighted by molar-refractivity contribution is 5.89. The lowest BCUT2D eigenvalue weighted by atomic mass is 9.94. The maximum atomic E-state index is 11.9. The number of hydrogen-bond acceptors (Lipinski definition) is 2. The molecule has 0 bridgehead atoms. The molecule has 0 aromatic heterocycles. The summed E-state index contributed by atoms with van der Waals surface area (Å²) in [5, 5.41) is 0. The van der Waals surface area contributed by atoms with E-state index in [4.69, 9.17) is 5.73 Å². The standard InChI is InChI=1S/C11H20N2O/c1-2-9-3-7-13(8-4-9)10(14)11(12)5-6-11/h9H,2-8,12H2,1H3. The number of nitrogens with two attached hydrogens (primary N) is 1. The molecule has 3 heteroatoms. The van der Waals surface area contributed by atoms with Gasteiger partial charge >= 0.3 is 0 Å². The van der Waals surface area contributed by atoms with Crippen LogP contribution < -0.4 is 5.73 Å². The average molecular weight is 196 g/mol. The molecule has 1 saturated carbocycles. The third-order valence-corrected chi connectivity index (χ3v) is 3.69. The first-order chi connectivity index (χ1) is 6.65. The minimum absolute atomic E-state index is 0.201. The molecular weight excluding hydrogens is 176 g/mol. The predicted molar refractivity (Wildman–Crippen MR) is 55.7 cm³/mol. The lowest BCUT2D eigenvalue weighted by Gasteiger charge is -2.33. The van der Waals surface area contributed by atoms with Crippen LogP contribution in [0.15, 0.2) is 0 Å². The number of carbonyl (C=O) groups is 1. The molecule has 14 heavy (non-hydrogen) atoms. The molecule has 0 radical (unpaired) electrons. The third-order valence-electron chi connectivity index (χ3n) is 3.69. The van der Waals surface area contributed by atoms with Crippen molar-refractivity contribution in [1.82, 2.24) is 4.90 Å². The SMILES string of the molecule is CCC1CCN(C(=O)C2(N)CC2)CC1.